The van der Waals surface area contributed by atoms with Gasteiger partial charge >= 0.3 is 0 Å². The molecule has 0 amide bonds. The molecular weight excluding hydrogens is 144 g/mol. The van der Waals surface area contributed by atoms with Gasteiger partial charge in [0.05, 0.1) is 6.20 Å². The van der Waals surface area contributed by atoms with Gasteiger partial charge in [0, 0.05) is 13.2 Å². The predicted octanol–water partition coefficient (Wildman–Crippen LogP) is 1.33. The topological polar surface area (TPSA) is 17.8 Å². The zero-order valence-corrected chi connectivity index (χ0v) is 7.19. The summed E-state index contributed by atoms with van der Waals surface area (Å²) in [5.41, 5.74) is 1.33. The quantitative estimate of drug-likeness (QED) is 0.657. The van der Waals surface area contributed by atoms with E-state index in [0.717, 1.165) is 6.42 Å². The highest BCUT2D eigenvalue weighted by molar-refractivity contribution is 7.98. The number of aromatic nitrogens is 2. The Morgan fingerprint density at radius 2 is 2.50 bits per heavy atom. The highest BCUT2D eigenvalue weighted by Crippen LogP contribution is 2.01. The van der Waals surface area contributed by atoms with Crippen LogP contribution >= 0.6 is 11.8 Å². The minimum atomic E-state index is 1.13. The van der Waals surface area contributed by atoms with E-state index in [1.54, 1.807) is 0 Å². The van der Waals surface area contributed by atoms with Crippen LogP contribution in [-0.4, -0.2) is 21.8 Å². The minimum Gasteiger partial charge on any atom is -0.276 e. The van der Waals surface area contributed by atoms with Gasteiger partial charge in [-0.3, -0.25) is 4.68 Å². The summed E-state index contributed by atoms with van der Waals surface area (Å²) in [6, 6.07) is 0. The van der Waals surface area contributed by atoms with Gasteiger partial charge in [-0.2, -0.15) is 16.9 Å². The van der Waals surface area contributed by atoms with Gasteiger partial charge in [-0.05, 0) is 24.0 Å². The summed E-state index contributed by atoms with van der Waals surface area (Å²) in [5, 5.41) is 4.08. The van der Waals surface area contributed by atoms with Crippen LogP contribution in [0.5, 0.6) is 0 Å². The van der Waals surface area contributed by atoms with Gasteiger partial charge < -0.3 is 0 Å². The van der Waals surface area contributed by atoms with Crippen LogP contribution in [0.1, 0.15) is 5.56 Å². The number of hydrogen-bond acceptors (Lipinski definition) is 2. The second-order valence-corrected chi connectivity index (χ2v) is 3.25. The molecule has 0 aliphatic rings. The van der Waals surface area contributed by atoms with Crippen molar-refractivity contribution in [1.29, 1.82) is 0 Å². The fourth-order valence-corrected chi connectivity index (χ4v) is 1.26. The standard InChI is InChI=1S/C7H12N2S/c1-9-6-7(5-8-9)3-4-10-2/h5-6H,3-4H2,1-2H3. The monoisotopic (exact) mass is 156 g/mol. The van der Waals surface area contributed by atoms with E-state index in [-0.39, 0.29) is 0 Å². The van der Waals surface area contributed by atoms with Crippen molar-refractivity contribution in [3.05, 3.63) is 18.0 Å². The van der Waals surface area contributed by atoms with Crippen LogP contribution in [0.4, 0.5) is 0 Å². The molecule has 0 aliphatic carbocycles. The van der Waals surface area contributed by atoms with Gasteiger partial charge in [0.2, 0.25) is 0 Å². The zero-order chi connectivity index (χ0) is 7.40. The molecule has 0 saturated carbocycles. The largest absolute Gasteiger partial charge is 0.276 e. The molecule has 0 saturated heterocycles. The molecular formula is C7H12N2S. The van der Waals surface area contributed by atoms with Crippen molar-refractivity contribution in [1.82, 2.24) is 9.78 Å². The van der Waals surface area contributed by atoms with Crippen LogP contribution in [0.2, 0.25) is 0 Å². The number of thioether (sulfide) groups is 1. The Bertz CT molecular complexity index is 195. The van der Waals surface area contributed by atoms with Crippen molar-refractivity contribution in [2.24, 2.45) is 7.05 Å². The third-order valence-electron chi connectivity index (χ3n) is 1.35. The molecule has 0 radical (unpaired) electrons. The maximum absolute atomic E-state index is 4.08. The van der Waals surface area contributed by atoms with Gasteiger partial charge in [-0.25, -0.2) is 0 Å². The SMILES string of the molecule is CSCCc1cnn(C)c1. The molecule has 2 nitrogen and oxygen atoms in total. The minimum absolute atomic E-state index is 1.13. The first-order chi connectivity index (χ1) is 4.83. The van der Waals surface area contributed by atoms with Crippen LogP contribution in [0.15, 0.2) is 12.4 Å². The first-order valence-corrected chi connectivity index (χ1v) is 4.69. The Morgan fingerprint density at radius 1 is 1.70 bits per heavy atom. The Kier molecular flexibility index (Phi) is 2.81. The second kappa shape index (κ2) is 3.66. The molecule has 3 heteroatoms. The first-order valence-electron chi connectivity index (χ1n) is 3.29. The third kappa shape index (κ3) is 2.06. The number of rotatable bonds is 3. The van der Waals surface area contributed by atoms with E-state index in [2.05, 4.69) is 17.6 Å². The lowest BCUT2D eigenvalue weighted by Crippen LogP contribution is -1.86. The predicted molar refractivity (Wildman–Crippen MR) is 45.3 cm³/mol. The molecule has 1 aromatic rings. The number of hydrogen-bond donors (Lipinski definition) is 0. The number of aryl methyl sites for hydroxylation is 2. The van der Waals surface area contributed by atoms with Gasteiger partial charge in [-0.15, -0.1) is 0 Å². The Hall–Kier alpha value is -0.440. The maximum atomic E-state index is 4.08. The fourth-order valence-electron chi connectivity index (χ4n) is 0.821. The van der Waals surface area contributed by atoms with Crippen LogP contribution in [0.3, 0.4) is 0 Å². The molecule has 56 valence electrons. The molecule has 0 atom stereocenters. The number of nitrogens with zero attached hydrogens (tertiary/aromatic N) is 2. The zero-order valence-electron chi connectivity index (χ0n) is 6.37. The van der Waals surface area contributed by atoms with E-state index in [1.807, 2.05) is 29.7 Å². The van der Waals surface area contributed by atoms with Crippen molar-refractivity contribution in [3.63, 3.8) is 0 Å². The lowest BCUT2D eigenvalue weighted by atomic mass is 10.3. The molecule has 0 spiro atoms. The molecule has 0 unspecified atom stereocenters. The van der Waals surface area contributed by atoms with Crippen LogP contribution in [0, 0.1) is 0 Å². The van der Waals surface area contributed by atoms with Gasteiger partial charge in [0.15, 0.2) is 0 Å². The van der Waals surface area contributed by atoms with Crippen molar-refractivity contribution in [2.75, 3.05) is 12.0 Å². The summed E-state index contributed by atoms with van der Waals surface area (Å²) in [6.45, 7) is 0. The van der Waals surface area contributed by atoms with E-state index in [9.17, 15) is 0 Å². The maximum Gasteiger partial charge on any atom is 0.0521 e. The molecule has 0 fully saturated rings. The van der Waals surface area contributed by atoms with E-state index in [4.69, 9.17) is 0 Å². The van der Waals surface area contributed by atoms with E-state index < -0.39 is 0 Å². The Balaban J connectivity index is 2.42. The van der Waals surface area contributed by atoms with Crippen molar-refractivity contribution >= 4 is 11.8 Å². The van der Waals surface area contributed by atoms with Gasteiger partial charge in [0.1, 0.15) is 0 Å². The average Bonchev–Trinajstić information content (AvgIpc) is 2.31. The van der Waals surface area contributed by atoms with Gasteiger partial charge in [0.25, 0.3) is 0 Å². The second-order valence-electron chi connectivity index (χ2n) is 2.27. The van der Waals surface area contributed by atoms with Crippen LogP contribution in [-0.2, 0) is 13.5 Å². The first kappa shape index (κ1) is 7.66. The van der Waals surface area contributed by atoms with E-state index in [0.29, 0.717) is 0 Å². The summed E-state index contributed by atoms with van der Waals surface area (Å²) < 4.78 is 1.84. The molecule has 0 aromatic carbocycles. The molecule has 1 heterocycles. The normalized spacial score (nSPS) is 10.2. The fraction of sp³-hybridized carbons (Fsp3) is 0.571. The smallest absolute Gasteiger partial charge is 0.0521 e. The summed E-state index contributed by atoms with van der Waals surface area (Å²) in [5.74, 6) is 1.19. The van der Waals surface area contributed by atoms with Crippen molar-refractivity contribution < 1.29 is 0 Å². The molecule has 10 heavy (non-hydrogen) atoms. The molecule has 1 aromatic heterocycles. The molecule has 0 aliphatic heterocycles. The van der Waals surface area contributed by atoms with Crippen molar-refractivity contribution in [3.8, 4) is 0 Å². The Labute approximate surface area is 65.6 Å². The lowest BCUT2D eigenvalue weighted by molar-refractivity contribution is 0.767. The molecule has 1 rings (SSSR count). The molecule has 0 bridgehead atoms. The lowest BCUT2D eigenvalue weighted by Gasteiger charge is -1.90. The van der Waals surface area contributed by atoms with E-state index >= 15 is 0 Å². The van der Waals surface area contributed by atoms with Gasteiger partial charge in [-0.1, -0.05) is 0 Å². The van der Waals surface area contributed by atoms with Crippen molar-refractivity contribution in [2.45, 2.75) is 6.42 Å². The highest BCUT2D eigenvalue weighted by atomic mass is 32.2. The Morgan fingerprint density at radius 3 is 3.00 bits per heavy atom. The summed E-state index contributed by atoms with van der Waals surface area (Å²) in [6.07, 6.45) is 7.25. The third-order valence-corrected chi connectivity index (χ3v) is 1.97. The molecule has 0 N–H and O–H groups in total. The van der Waals surface area contributed by atoms with Crippen LogP contribution in [0.25, 0.3) is 0 Å². The summed E-state index contributed by atoms with van der Waals surface area (Å²) >= 11 is 1.87. The average molecular weight is 156 g/mol. The van der Waals surface area contributed by atoms with E-state index in [1.165, 1.54) is 11.3 Å². The summed E-state index contributed by atoms with van der Waals surface area (Å²) in [4.78, 5) is 0. The highest BCUT2D eigenvalue weighted by Gasteiger charge is 1.93. The van der Waals surface area contributed by atoms with Crippen LogP contribution < -0.4 is 0 Å². The summed E-state index contributed by atoms with van der Waals surface area (Å²) in [7, 11) is 1.95.